The number of furan rings is 1. The van der Waals surface area contributed by atoms with Crippen molar-refractivity contribution >= 4 is 35.6 Å². The summed E-state index contributed by atoms with van der Waals surface area (Å²) >= 11 is 0. The van der Waals surface area contributed by atoms with Crippen LogP contribution in [0.25, 0.3) is 0 Å². The van der Waals surface area contributed by atoms with Crippen LogP contribution in [0.15, 0.2) is 58.1 Å². The molecule has 2 aromatic rings. The standard InChI is InChI=1S/C21H31N5O.HI/c1-2-22-21(24-18-20-10-6-17-27-20)23-11-7-12-25-13-15-26(16-14-25)19-8-4-3-5-9-19;/h3-6,8-10,17H,2,7,11-16,18H2,1H3,(H2,22,23,24);1H. The van der Waals surface area contributed by atoms with Gasteiger partial charge in [0.1, 0.15) is 12.3 Å². The number of hydrogen-bond acceptors (Lipinski definition) is 4. The SMILES string of the molecule is CCNC(=NCc1ccco1)NCCCN1CCN(c2ccccc2)CC1.I. The van der Waals surface area contributed by atoms with Crippen LogP contribution in [-0.4, -0.2) is 56.7 Å². The lowest BCUT2D eigenvalue weighted by Crippen LogP contribution is -2.47. The Hall–Kier alpha value is -1.74. The molecule has 0 aliphatic carbocycles. The van der Waals surface area contributed by atoms with Crippen molar-refractivity contribution in [2.75, 3.05) is 50.7 Å². The Morgan fingerprint density at radius 2 is 1.82 bits per heavy atom. The fourth-order valence-corrected chi connectivity index (χ4v) is 3.28. The summed E-state index contributed by atoms with van der Waals surface area (Å²) in [5, 5.41) is 6.70. The van der Waals surface area contributed by atoms with E-state index in [4.69, 9.17) is 4.42 Å². The Morgan fingerprint density at radius 3 is 2.50 bits per heavy atom. The predicted molar refractivity (Wildman–Crippen MR) is 127 cm³/mol. The first-order chi connectivity index (χ1) is 13.3. The molecular formula is C21H32IN5O. The molecule has 1 fully saturated rings. The number of guanidine groups is 1. The van der Waals surface area contributed by atoms with E-state index in [2.05, 4.69) is 62.7 Å². The van der Waals surface area contributed by atoms with Gasteiger partial charge in [0.25, 0.3) is 0 Å². The zero-order valence-electron chi connectivity index (χ0n) is 16.6. The highest BCUT2D eigenvalue weighted by Crippen LogP contribution is 2.15. The Balaban J connectivity index is 0.00000280. The number of anilines is 1. The van der Waals surface area contributed by atoms with Gasteiger partial charge in [-0.25, -0.2) is 4.99 Å². The van der Waals surface area contributed by atoms with E-state index in [1.165, 1.54) is 5.69 Å². The summed E-state index contributed by atoms with van der Waals surface area (Å²) in [7, 11) is 0. The summed E-state index contributed by atoms with van der Waals surface area (Å²) in [5.74, 6) is 1.73. The van der Waals surface area contributed by atoms with Crippen LogP contribution in [0.2, 0.25) is 0 Å². The largest absolute Gasteiger partial charge is 0.467 e. The van der Waals surface area contributed by atoms with Crippen molar-refractivity contribution in [3.8, 4) is 0 Å². The van der Waals surface area contributed by atoms with Crippen molar-refractivity contribution in [1.29, 1.82) is 0 Å². The minimum absolute atomic E-state index is 0. The van der Waals surface area contributed by atoms with Gasteiger partial charge < -0.3 is 20.0 Å². The molecule has 1 aliphatic rings. The molecule has 2 heterocycles. The molecule has 0 unspecified atom stereocenters. The van der Waals surface area contributed by atoms with E-state index >= 15 is 0 Å². The second kappa shape index (κ2) is 12.7. The van der Waals surface area contributed by atoms with Crippen LogP contribution in [0, 0.1) is 0 Å². The van der Waals surface area contributed by atoms with Crippen molar-refractivity contribution in [3.05, 3.63) is 54.5 Å². The van der Waals surface area contributed by atoms with E-state index in [1.54, 1.807) is 6.26 Å². The zero-order chi connectivity index (χ0) is 18.7. The summed E-state index contributed by atoms with van der Waals surface area (Å²) in [6.45, 7) is 9.99. The van der Waals surface area contributed by atoms with Crippen molar-refractivity contribution in [1.82, 2.24) is 15.5 Å². The highest BCUT2D eigenvalue weighted by molar-refractivity contribution is 14.0. The number of nitrogens with zero attached hydrogens (tertiary/aromatic N) is 3. The van der Waals surface area contributed by atoms with Gasteiger partial charge in [-0.2, -0.15) is 0 Å². The minimum atomic E-state index is 0. The van der Waals surface area contributed by atoms with Crippen molar-refractivity contribution in [2.45, 2.75) is 19.9 Å². The molecule has 2 N–H and O–H groups in total. The fraction of sp³-hybridized carbons (Fsp3) is 0.476. The normalized spacial score (nSPS) is 15.2. The molecule has 0 atom stereocenters. The summed E-state index contributed by atoms with van der Waals surface area (Å²) in [4.78, 5) is 9.59. The van der Waals surface area contributed by atoms with E-state index < -0.39 is 0 Å². The minimum Gasteiger partial charge on any atom is -0.467 e. The predicted octanol–water partition coefficient (Wildman–Crippen LogP) is 3.17. The molecule has 7 heteroatoms. The molecule has 0 saturated carbocycles. The lowest BCUT2D eigenvalue weighted by Gasteiger charge is -2.36. The van der Waals surface area contributed by atoms with Gasteiger partial charge in [-0.15, -0.1) is 24.0 Å². The molecule has 6 nitrogen and oxygen atoms in total. The second-order valence-electron chi connectivity index (χ2n) is 6.72. The maximum Gasteiger partial charge on any atom is 0.191 e. The first-order valence-corrected chi connectivity index (χ1v) is 9.92. The molecule has 0 amide bonds. The third-order valence-electron chi connectivity index (χ3n) is 4.75. The van der Waals surface area contributed by atoms with E-state index in [9.17, 15) is 0 Å². The number of halogens is 1. The van der Waals surface area contributed by atoms with E-state index in [0.29, 0.717) is 6.54 Å². The van der Waals surface area contributed by atoms with Gasteiger partial charge in [0.05, 0.1) is 6.26 Å². The van der Waals surface area contributed by atoms with Gasteiger partial charge in [-0.3, -0.25) is 4.90 Å². The maximum atomic E-state index is 5.33. The Bertz CT molecular complexity index is 669. The van der Waals surface area contributed by atoms with Gasteiger partial charge in [-0.05, 0) is 44.2 Å². The molecule has 154 valence electrons. The molecule has 1 aliphatic heterocycles. The van der Waals surface area contributed by atoms with Crippen molar-refractivity contribution in [2.24, 2.45) is 4.99 Å². The smallest absolute Gasteiger partial charge is 0.191 e. The third-order valence-corrected chi connectivity index (χ3v) is 4.75. The molecule has 0 bridgehead atoms. The molecular weight excluding hydrogens is 465 g/mol. The highest BCUT2D eigenvalue weighted by Gasteiger charge is 2.16. The number of hydrogen-bond donors (Lipinski definition) is 2. The molecule has 1 aromatic carbocycles. The lowest BCUT2D eigenvalue weighted by molar-refractivity contribution is 0.255. The first-order valence-electron chi connectivity index (χ1n) is 9.92. The Labute approximate surface area is 185 Å². The van der Waals surface area contributed by atoms with Gasteiger partial charge in [0.2, 0.25) is 0 Å². The second-order valence-corrected chi connectivity index (χ2v) is 6.72. The maximum absolute atomic E-state index is 5.33. The summed E-state index contributed by atoms with van der Waals surface area (Å²) < 4.78 is 5.33. The monoisotopic (exact) mass is 497 g/mol. The van der Waals surface area contributed by atoms with Gasteiger partial charge in [0, 0.05) is 45.0 Å². The topological polar surface area (TPSA) is 56.0 Å². The number of benzene rings is 1. The van der Waals surface area contributed by atoms with Crippen LogP contribution < -0.4 is 15.5 Å². The van der Waals surface area contributed by atoms with Crippen LogP contribution >= 0.6 is 24.0 Å². The van der Waals surface area contributed by atoms with Crippen molar-refractivity contribution < 1.29 is 4.42 Å². The number of aliphatic imine (C=N–C) groups is 1. The number of para-hydroxylation sites is 1. The van der Waals surface area contributed by atoms with Gasteiger partial charge in [-0.1, -0.05) is 18.2 Å². The van der Waals surface area contributed by atoms with Crippen LogP contribution in [0.5, 0.6) is 0 Å². The van der Waals surface area contributed by atoms with E-state index in [1.807, 2.05) is 12.1 Å². The number of piperazine rings is 1. The number of nitrogens with one attached hydrogen (secondary N) is 2. The summed E-state index contributed by atoms with van der Waals surface area (Å²) in [5.41, 5.74) is 1.34. The average molecular weight is 497 g/mol. The highest BCUT2D eigenvalue weighted by atomic mass is 127. The van der Waals surface area contributed by atoms with E-state index in [-0.39, 0.29) is 24.0 Å². The molecule has 1 saturated heterocycles. The zero-order valence-corrected chi connectivity index (χ0v) is 19.0. The Morgan fingerprint density at radius 1 is 1.04 bits per heavy atom. The average Bonchev–Trinajstić information content (AvgIpc) is 3.24. The lowest BCUT2D eigenvalue weighted by atomic mass is 10.2. The quantitative estimate of drug-likeness (QED) is 0.254. The van der Waals surface area contributed by atoms with Crippen molar-refractivity contribution in [3.63, 3.8) is 0 Å². The molecule has 1 aromatic heterocycles. The third kappa shape index (κ3) is 7.35. The molecule has 28 heavy (non-hydrogen) atoms. The molecule has 0 radical (unpaired) electrons. The fourth-order valence-electron chi connectivity index (χ4n) is 3.28. The molecule has 0 spiro atoms. The number of rotatable bonds is 8. The summed E-state index contributed by atoms with van der Waals surface area (Å²) in [6, 6.07) is 14.5. The van der Waals surface area contributed by atoms with E-state index in [0.717, 1.165) is 64.0 Å². The van der Waals surface area contributed by atoms with Gasteiger partial charge >= 0.3 is 0 Å². The van der Waals surface area contributed by atoms with Gasteiger partial charge in [0.15, 0.2) is 5.96 Å². The first kappa shape index (κ1) is 22.5. The van der Waals surface area contributed by atoms with Crippen LogP contribution in [0.3, 0.4) is 0 Å². The Kier molecular flexibility index (Phi) is 10.2. The van der Waals surface area contributed by atoms with Crippen LogP contribution in [0.1, 0.15) is 19.1 Å². The summed E-state index contributed by atoms with van der Waals surface area (Å²) in [6.07, 6.45) is 2.79. The van der Waals surface area contributed by atoms with Crippen LogP contribution in [0.4, 0.5) is 5.69 Å². The van der Waals surface area contributed by atoms with Crippen LogP contribution in [-0.2, 0) is 6.54 Å². The molecule has 3 rings (SSSR count).